The van der Waals surface area contributed by atoms with Crippen molar-refractivity contribution in [3.63, 3.8) is 0 Å². The first kappa shape index (κ1) is 15.0. The lowest BCUT2D eigenvalue weighted by Crippen LogP contribution is -2.37. The average molecular weight is 273 g/mol. The number of nitrogens with zero attached hydrogens (tertiary/aromatic N) is 2. The van der Waals surface area contributed by atoms with Crippen LogP contribution in [-0.4, -0.2) is 44.5 Å². The molecule has 0 aliphatic carbocycles. The summed E-state index contributed by atoms with van der Waals surface area (Å²) < 4.78 is 30.7. The zero-order chi connectivity index (χ0) is 13.8. The van der Waals surface area contributed by atoms with E-state index in [1.54, 1.807) is 13.0 Å². The molecule has 0 amide bonds. The van der Waals surface area contributed by atoms with Crippen LogP contribution >= 0.6 is 0 Å². The van der Waals surface area contributed by atoms with Gasteiger partial charge in [-0.05, 0) is 19.1 Å². The first-order valence-electron chi connectivity index (χ1n) is 5.55. The van der Waals surface area contributed by atoms with Crippen LogP contribution in [0.4, 0.5) is 0 Å². The Morgan fingerprint density at radius 1 is 1.50 bits per heavy atom. The van der Waals surface area contributed by atoms with Crippen molar-refractivity contribution in [3.05, 3.63) is 24.0 Å². The molecule has 0 saturated carbocycles. The zero-order valence-corrected chi connectivity index (χ0v) is 11.6. The fourth-order valence-corrected chi connectivity index (χ4v) is 2.73. The molecule has 0 radical (unpaired) electrons. The Kier molecular flexibility index (Phi) is 5.21. The molecular weight excluding hydrogens is 254 g/mol. The molecule has 2 N–H and O–H groups in total. The molecule has 0 fully saturated rings. The van der Waals surface area contributed by atoms with E-state index in [1.807, 2.05) is 0 Å². The fraction of sp³-hybridized carbons (Fsp3) is 0.545. The maximum absolute atomic E-state index is 12.2. The van der Waals surface area contributed by atoms with Crippen molar-refractivity contribution >= 4 is 10.0 Å². The van der Waals surface area contributed by atoms with E-state index in [0.717, 1.165) is 0 Å². The van der Waals surface area contributed by atoms with Crippen LogP contribution in [0.15, 0.2) is 23.2 Å². The molecule has 0 saturated heterocycles. The van der Waals surface area contributed by atoms with Crippen LogP contribution in [0, 0.1) is 0 Å². The van der Waals surface area contributed by atoms with E-state index in [2.05, 4.69) is 4.98 Å². The fourth-order valence-electron chi connectivity index (χ4n) is 1.43. The summed E-state index contributed by atoms with van der Waals surface area (Å²) in [5.41, 5.74) is 6.07. The van der Waals surface area contributed by atoms with Crippen molar-refractivity contribution in [2.24, 2.45) is 5.73 Å². The third kappa shape index (κ3) is 3.26. The summed E-state index contributed by atoms with van der Waals surface area (Å²) >= 11 is 0. The Labute approximate surface area is 108 Å². The molecule has 0 aromatic carbocycles. The summed E-state index contributed by atoms with van der Waals surface area (Å²) in [5, 5.41) is 0. The van der Waals surface area contributed by atoms with E-state index in [9.17, 15) is 8.42 Å². The molecule has 0 spiro atoms. The topological polar surface area (TPSA) is 85.5 Å². The lowest BCUT2D eigenvalue weighted by molar-refractivity contribution is 0.149. The van der Waals surface area contributed by atoms with Gasteiger partial charge < -0.3 is 10.5 Å². The van der Waals surface area contributed by atoms with Gasteiger partial charge in [-0.25, -0.2) is 8.42 Å². The monoisotopic (exact) mass is 273 g/mol. The summed E-state index contributed by atoms with van der Waals surface area (Å²) in [5.74, 6) is 0. The van der Waals surface area contributed by atoms with Crippen LogP contribution in [0.2, 0.25) is 0 Å². The molecule has 1 aromatic rings. The molecule has 1 unspecified atom stereocenters. The van der Waals surface area contributed by atoms with Crippen molar-refractivity contribution in [2.75, 3.05) is 20.8 Å². The number of hydrogen-bond donors (Lipinski definition) is 1. The van der Waals surface area contributed by atoms with Gasteiger partial charge in [0.05, 0.1) is 12.3 Å². The largest absolute Gasteiger partial charge is 0.383 e. The quantitative estimate of drug-likeness (QED) is 0.800. The summed E-state index contributed by atoms with van der Waals surface area (Å²) in [7, 11) is -0.475. The van der Waals surface area contributed by atoms with Crippen molar-refractivity contribution in [3.8, 4) is 0 Å². The van der Waals surface area contributed by atoms with Gasteiger partial charge in [-0.15, -0.1) is 0 Å². The van der Waals surface area contributed by atoms with Crippen molar-refractivity contribution in [1.29, 1.82) is 0 Å². The van der Waals surface area contributed by atoms with E-state index >= 15 is 0 Å². The van der Waals surface area contributed by atoms with Gasteiger partial charge >= 0.3 is 0 Å². The molecule has 1 atom stereocenters. The minimum absolute atomic E-state index is 0.158. The third-order valence-electron chi connectivity index (χ3n) is 2.71. The number of methoxy groups -OCH3 is 1. The summed E-state index contributed by atoms with van der Waals surface area (Å²) in [6, 6.07) is 2.89. The summed E-state index contributed by atoms with van der Waals surface area (Å²) in [6.45, 7) is 2.41. The molecule has 0 aliphatic rings. The Bertz CT molecular complexity index is 473. The van der Waals surface area contributed by atoms with Gasteiger partial charge in [0.1, 0.15) is 4.90 Å². The minimum atomic E-state index is -3.54. The second-order valence-electron chi connectivity index (χ2n) is 4.01. The van der Waals surface area contributed by atoms with E-state index in [0.29, 0.717) is 12.3 Å². The van der Waals surface area contributed by atoms with E-state index in [1.165, 1.54) is 30.7 Å². The molecule has 18 heavy (non-hydrogen) atoms. The molecule has 7 heteroatoms. The van der Waals surface area contributed by atoms with Crippen LogP contribution in [0.25, 0.3) is 0 Å². The third-order valence-corrected chi connectivity index (χ3v) is 4.67. The highest BCUT2D eigenvalue weighted by atomic mass is 32.2. The van der Waals surface area contributed by atoms with Crippen LogP contribution in [0.1, 0.15) is 12.6 Å². The van der Waals surface area contributed by atoms with E-state index in [4.69, 9.17) is 10.5 Å². The van der Waals surface area contributed by atoms with Crippen molar-refractivity contribution < 1.29 is 13.2 Å². The lowest BCUT2D eigenvalue weighted by atomic mass is 10.4. The number of nitrogens with two attached hydrogens (primary N) is 1. The zero-order valence-electron chi connectivity index (χ0n) is 10.8. The Morgan fingerprint density at radius 3 is 2.61 bits per heavy atom. The normalized spacial score (nSPS) is 13.8. The molecule has 0 aliphatic heterocycles. The minimum Gasteiger partial charge on any atom is -0.383 e. The van der Waals surface area contributed by atoms with Crippen LogP contribution < -0.4 is 5.73 Å². The number of aromatic nitrogens is 1. The maximum Gasteiger partial charge on any atom is 0.244 e. The average Bonchev–Trinajstić information content (AvgIpc) is 2.38. The Balaban J connectivity index is 2.97. The van der Waals surface area contributed by atoms with Gasteiger partial charge in [0.2, 0.25) is 10.0 Å². The van der Waals surface area contributed by atoms with Crippen molar-refractivity contribution in [2.45, 2.75) is 24.4 Å². The van der Waals surface area contributed by atoms with Crippen molar-refractivity contribution in [1.82, 2.24) is 9.29 Å². The number of sulfonamides is 1. The van der Waals surface area contributed by atoms with Gasteiger partial charge in [0.15, 0.2) is 0 Å². The van der Waals surface area contributed by atoms with Crippen LogP contribution in [0.3, 0.4) is 0 Å². The first-order chi connectivity index (χ1) is 8.43. The second-order valence-corrected chi connectivity index (χ2v) is 6.01. The summed E-state index contributed by atoms with van der Waals surface area (Å²) in [6.07, 6.45) is 1.33. The van der Waals surface area contributed by atoms with Crippen LogP contribution in [0.5, 0.6) is 0 Å². The lowest BCUT2D eigenvalue weighted by Gasteiger charge is -2.23. The molecular formula is C11H19N3O3S. The molecule has 1 heterocycles. The maximum atomic E-state index is 12.2. The highest BCUT2D eigenvalue weighted by Gasteiger charge is 2.25. The van der Waals surface area contributed by atoms with E-state index in [-0.39, 0.29) is 17.5 Å². The van der Waals surface area contributed by atoms with Gasteiger partial charge in [-0.1, -0.05) is 0 Å². The number of pyridine rings is 1. The smallest absolute Gasteiger partial charge is 0.244 e. The highest BCUT2D eigenvalue weighted by molar-refractivity contribution is 7.89. The molecule has 6 nitrogen and oxygen atoms in total. The molecule has 1 aromatic heterocycles. The first-order valence-corrected chi connectivity index (χ1v) is 6.99. The number of rotatable bonds is 6. The Hall–Kier alpha value is -1.02. The molecule has 102 valence electrons. The van der Waals surface area contributed by atoms with Gasteiger partial charge in [-0.3, -0.25) is 4.98 Å². The molecule has 0 bridgehead atoms. The predicted octanol–water partition coefficient (Wildman–Crippen LogP) is 0.196. The predicted molar refractivity (Wildman–Crippen MR) is 68.4 cm³/mol. The van der Waals surface area contributed by atoms with Crippen LogP contribution in [-0.2, 0) is 21.3 Å². The van der Waals surface area contributed by atoms with E-state index < -0.39 is 10.0 Å². The number of ether oxygens (including phenoxy) is 1. The Morgan fingerprint density at radius 2 is 2.17 bits per heavy atom. The standard InChI is InChI=1S/C11H19N3O3S/c1-9(8-17-3)14(2)18(15,16)11-5-4-10(6-12)13-7-11/h4-5,7,9H,6,8,12H2,1-3H3. The summed E-state index contributed by atoms with van der Waals surface area (Å²) in [4.78, 5) is 4.15. The van der Waals surface area contributed by atoms with Gasteiger partial charge in [0, 0.05) is 32.9 Å². The number of likely N-dealkylation sites (N-methyl/N-ethyl adjacent to an activating group) is 1. The molecule has 1 rings (SSSR count). The SMILES string of the molecule is COCC(C)N(C)S(=O)(=O)c1ccc(CN)nc1. The number of hydrogen-bond acceptors (Lipinski definition) is 5. The van der Waals surface area contributed by atoms with Gasteiger partial charge in [-0.2, -0.15) is 4.31 Å². The van der Waals surface area contributed by atoms with Gasteiger partial charge in [0.25, 0.3) is 0 Å². The second kappa shape index (κ2) is 6.24. The highest BCUT2D eigenvalue weighted by Crippen LogP contribution is 2.15.